The Morgan fingerprint density at radius 3 is 2.67 bits per heavy atom. The molecule has 3 atom stereocenters. The van der Waals surface area contributed by atoms with Gasteiger partial charge in [-0.25, -0.2) is 0 Å². The first-order valence-corrected chi connectivity index (χ1v) is 5.70. The van der Waals surface area contributed by atoms with E-state index in [4.69, 9.17) is 10.5 Å². The lowest BCUT2D eigenvalue weighted by Crippen LogP contribution is -2.35. The van der Waals surface area contributed by atoms with Crippen molar-refractivity contribution in [3.8, 4) is 0 Å². The molecule has 0 spiro atoms. The molecule has 0 aliphatic heterocycles. The maximum Gasteiger partial charge on any atom is 0.0773 e. The number of nitrogens with two attached hydrogens (primary N) is 1. The van der Waals surface area contributed by atoms with Crippen LogP contribution in [0.5, 0.6) is 0 Å². The third-order valence-electron chi connectivity index (χ3n) is 3.25. The highest BCUT2D eigenvalue weighted by atomic mass is 16.5. The Labute approximate surface area is 91.4 Å². The van der Waals surface area contributed by atoms with Crippen LogP contribution >= 0.6 is 0 Å². The normalized spacial score (nSPS) is 29.9. The summed E-state index contributed by atoms with van der Waals surface area (Å²) in [5.74, 6) is 0.553. The van der Waals surface area contributed by atoms with Crippen LogP contribution in [0.25, 0.3) is 0 Å². The Bertz CT molecular complexity index is 337. The van der Waals surface area contributed by atoms with E-state index in [1.165, 1.54) is 11.1 Å². The van der Waals surface area contributed by atoms with Gasteiger partial charge in [-0.15, -0.1) is 0 Å². The molecule has 2 rings (SSSR count). The lowest BCUT2D eigenvalue weighted by molar-refractivity contribution is 0.0283. The first kappa shape index (κ1) is 10.7. The fourth-order valence-corrected chi connectivity index (χ4v) is 2.47. The second kappa shape index (κ2) is 4.33. The van der Waals surface area contributed by atoms with Gasteiger partial charge in [0.05, 0.1) is 12.1 Å². The monoisotopic (exact) mass is 205 g/mol. The third-order valence-corrected chi connectivity index (χ3v) is 3.25. The Balaban J connectivity index is 2.31. The van der Waals surface area contributed by atoms with Crippen molar-refractivity contribution in [2.24, 2.45) is 5.73 Å². The molecule has 82 valence electrons. The van der Waals surface area contributed by atoms with Gasteiger partial charge in [-0.2, -0.15) is 0 Å². The van der Waals surface area contributed by atoms with Crippen LogP contribution < -0.4 is 5.73 Å². The van der Waals surface area contributed by atoms with Crippen LogP contribution in [0.1, 0.15) is 43.4 Å². The van der Waals surface area contributed by atoms with Crippen molar-refractivity contribution in [3.05, 3.63) is 35.4 Å². The van der Waals surface area contributed by atoms with Crippen LogP contribution in [0.2, 0.25) is 0 Å². The topological polar surface area (TPSA) is 35.2 Å². The number of hydrogen-bond donors (Lipinski definition) is 1. The lowest BCUT2D eigenvalue weighted by Gasteiger charge is -2.34. The van der Waals surface area contributed by atoms with E-state index >= 15 is 0 Å². The molecule has 0 radical (unpaired) electrons. The fraction of sp³-hybridized carbons (Fsp3) is 0.538. The molecule has 0 fully saturated rings. The van der Waals surface area contributed by atoms with E-state index in [1.807, 2.05) is 6.92 Å². The van der Waals surface area contributed by atoms with Gasteiger partial charge in [-0.05, 0) is 30.4 Å². The van der Waals surface area contributed by atoms with E-state index in [2.05, 4.69) is 31.2 Å². The van der Waals surface area contributed by atoms with Crippen molar-refractivity contribution in [2.45, 2.75) is 38.3 Å². The van der Waals surface area contributed by atoms with Crippen LogP contribution in [0.3, 0.4) is 0 Å². The van der Waals surface area contributed by atoms with Crippen LogP contribution in [-0.4, -0.2) is 12.7 Å². The average molecular weight is 205 g/mol. The highest BCUT2D eigenvalue weighted by molar-refractivity contribution is 5.35. The molecule has 0 saturated heterocycles. The molecule has 1 aromatic carbocycles. The van der Waals surface area contributed by atoms with Crippen molar-refractivity contribution in [1.29, 1.82) is 0 Å². The Morgan fingerprint density at radius 2 is 2.00 bits per heavy atom. The number of ether oxygens (including phenoxy) is 1. The minimum atomic E-state index is 0.0392. The molecular formula is C13H19NO. The SMILES string of the molecule is CCOC1CC(C)c2ccccc2C1N. The van der Waals surface area contributed by atoms with Crippen molar-refractivity contribution < 1.29 is 4.74 Å². The number of rotatable bonds is 2. The molecule has 15 heavy (non-hydrogen) atoms. The maximum absolute atomic E-state index is 6.21. The molecule has 2 heteroatoms. The van der Waals surface area contributed by atoms with Gasteiger partial charge in [0.1, 0.15) is 0 Å². The summed E-state index contributed by atoms with van der Waals surface area (Å²) < 4.78 is 5.70. The van der Waals surface area contributed by atoms with Gasteiger partial charge < -0.3 is 10.5 Å². The van der Waals surface area contributed by atoms with Crippen LogP contribution in [0.15, 0.2) is 24.3 Å². The molecule has 0 heterocycles. The van der Waals surface area contributed by atoms with E-state index in [0.717, 1.165) is 13.0 Å². The Hall–Kier alpha value is -0.860. The van der Waals surface area contributed by atoms with E-state index < -0.39 is 0 Å². The summed E-state index contributed by atoms with van der Waals surface area (Å²) in [5.41, 5.74) is 8.86. The molecule has 1 aromatic rings. The highest BCUT2D eigenvalue weighted by Crippen LogP contribution is 2.37. The molecule has 0 bridgehead atoms. The summed E-state index contributed by atoms with van der Waals surface area (Å²) in [4.78, 5) is 0. The summed E-state index contributed by atoms with van der Waals surface area (Å²) in [5, 5.41) is 0. The molecule has 0 aromatic heterocycles. The standard InChI is InChI=1S/C13H19NO/c1-3-15-12-8-9(2)10-6-4-5-7-11(10)13(12)14/h4-7,9,12-13H,3,8,14H2,1-2H3. The largest absolute Gasteiger partial charge is 0.377 e. The Kier molecular flexibility index (Phi) is 3.08. The smallest absolute Gasteiger partial charge is 0.0773 e. The van der Waals surface area contributed by atoms with E-state index in [0.29, 0.717) is 5.92 Å². The molecule has 3 unspecified atom stereocenters. The summed E-state index contributed by atoms with van der Waals surface area (Å²) in [6, 6.07) is 8.49. The second-order valence-electron chi connectivity index (χ2n) is 4.29. The third kappa shape index (κ3) is 1.92. The lowest BCUT2D eigenvalue weighted by atomic mass is 9.79. The Morgan fingerprint density at radius 1 is 1.33 bits per heavy atom. The van der Waals surface area contributed by atoms with Gasteiger partial charge in [0, 0.05) is 6.61 Å². The first-order chi connectivity index (χ1) is 7.24. The van der Waals surface area contributed by atoms with E-state index in [1.54, 1.807) is 0 Å². The van der Waals surface area contributed by atoms with Crippen molar-refractivity contribution in [1.82, 2.24) is 0 Å². The fourth-order valence-electron chi connectivity index (χ4n) is 2.47. The highest BCUT2D eigenvalue weighted by Gasteiger charge is 2.30. The molecule has 1 aliphatic carbocycles. The molecule has 2 N–H and O–H groups in total. The molecule has 0 saturated carbocycles. The van der Waals surface area contributed by atoms with Crippen LogP contribution in [0.4, 0.5) is 0 Å². The molecule has 2 nitrogen and oxygen atoms in total. The first-order valence-electron chi connectivity index (χ1n) is 5.70. The summed E-state index contributed by atoms with van der Waals surface area (Å²) in [6.07, 6.45) is 1.21. The van der Waals surface area contributed by atoms with Crippen LogP contribution in [0, 0.1) is 0 Å². The molecule has 0 amide bonds. The number of fused-ring (bicyclic) bond motifs is 1. The van der Waals surface area contributed by atoms with Gasteiger partial charge >= 0.3 is 0 Å². The zero-order valence-corrected chi connectivity index (χ0v) is 9.44. The van der Waals surface area contributed by atoms with Gasteiger partial charge in [0.2, 0.25) is 0 Å². The van der Waals surface area contributed by atoms with Gasteiger partial charge in [-0.1, -0.05) is 31.2 Å². The van der Waals surface area contributed by atoms with E-state index in [-0.39, 0.29) is 12.1 Å². The van der Waals surface area contributed by atoms with E-state index in [9.17, 15) is 0 Å². The minimum absolute atomic E-state index is 0.0392. The van der Waals surface area contributed by atoms with Gasteiger partial charge in [0.15, 0.2) is 0 Å². The van der Waals surface area contributed by atoms with Crippen molar-refractivity contribution in [2.75, 3.05) is 6.61 Å². The zero-order chi connectivity index (χ0) is 10.8. The summed E-state index contributed by atoms with van der Waals surface area (Å²) in [6.45, 7) is 5.02. The quantitative estimate of drug-likeness (QED) is 0.805. The maximum atomic E-state index is 6.21. The minimum Gasteiger partial charge on any atom is -0.377 e. The molecular weight excluding hydrogens is 186 g/mol. The van der Waals surface area contributed by atoms with Crippen molar-refractivity contribution in [3.63, 3.8) is 0 Å². The summed E-state index contributed by atoms with van der Waals surface area (Å²) >= 11 is 0. The predicted molar refractivity (Wildman–Crippen MR) is 61.8 cm³/mol. The summed E-state index contributed by atoms with van der Waals surface area (Å²) in [7, 11) is 0. The number of benzene rings is 1. The number of hydrogen-bond acceptors (Lipinski definition) is 2. The predicted octanol–water partition coefficient (Wildman–Crippen LogP) is 2.60. The average Bonchev–Trinajstić information content (AvgIpc) is 2.26. The van der Waals surface area contributed by atoms with Crippen LogP contribution in [-0.2, 0) is 4.74 Å². The van der Waals surface area contributed by atoms with Gasteiger partial charge in [0.25, 0.3) is 0 Å². The van der Waals surface area contributed by atoms with Crippen molar-refractivity contribution >= 4 is 0 Å². The molecule has 1 aliphatic rings. The van der Waals surface area contributed by atoms with Gasteiger partial charge in [-0.3, -0.25) is 0 Å². The zero-order valence-electron chi connectivity index (χ0n) is 9.44. The second-order valence-corrected chi connectivity index (χ2v) is 4.29.